The number of aryl methyl sites for hydroxylation is 1. The highest BCUT2D eigenvalue weighted by molar-refractivity contribution is 7.12. The second-order valence-corrected chi connectivity index (χ2v) is 5.16. The van der Waals surface area contributed by atoms with Crippen LogP contribution in [-0.2, 0) is 4.79 Å². The van der Waals surface area contributed by atoms with Crippen molar-refractivity contribution in [1.82, 2.24) is 4.98 Å². The van der Waals surface area contributed by atoms with Gasteiger partial charge in [0.05, 0.1) is 6.20 Å². The van der Waals surface area contributed by atoms with Crippen LogP contribution in [0, 0.1) is 6.92 Å². The van der Waals surface area contributed by atoms with Crippen molar-refractivity contribution < 1.29 is 14.6 Å². The highest BCUT2D eigenvalue weighted by Crippen LogP contribution is 2.25. The van der Waals surface area contributed by atoms with Crippen LogP contribution >= 0.6 is 11.3 Å². The molecule has 2 aromatic heterocycles. The molecule has 94 valence electrons. The first-order valence-corrected chi connectivity index (χ1v) is 6.30. The maximum atomic E-state index is 11.2. The molecule has 0 fully saturated rings. The summed E-state index contributed by atoms with van der Waals surface area (Å²) in [5.41, 5.74) is 0. The molecule has 0 aromatic carbocycles. The maximum Gasteiger partial charge on any atom is 0.315 e. The Kier molecular flexibility index (Phi) is 3.94. The van der Waals surface area contributed by atoms with Crippen molar-refractivity contribution in [2.75, 3.05) is 6.61 Å². The highest BCUT2D eigenvalue weighted by atomic mass is 32.1. The van der Waals surface area contributed by atoms with Gasteiger partial charge in [-0.15, -0.1) is 11.3 Å². The van der Waals surface area contributed by atoms with Gasteiger partial charge in [0.25, 0.3) is 0 Å². The first kappa shape index (κ1) is 12.6. The van der Waals surface area contributed by atoms with E-state index in [1.807, 2.05) is 19.1 Å². The summed E-state index contributed by atoms with van der Waals surface area (Å²) in [6.07, 6.45) is 3.21. The second kappa shape index (κ2) is 5.64. The number of rotatable bonds is 5. The van der Waals surface area contributed by atoms with Crippen molar-refractivity contribution in [3.05, 3.63) is 46.4 Å². The largest absolute Gasteiger partial charge is 0.491 e. The molecule has 4 nitrogen and oxygen atoms in total. The first-order chi connectivity index (χ1) is 8.66. The molecule has 0 amide bonds. The Balaban J connectivity index is 2.06. The molecule has 2 aromatic rings. The fourth-order valence-electron chi connectivity index (χ4n) is 1.53. The predicted octanol–water partition coefficient (Wildman–Crippen LogP) is 2.70. The second-order valence-electron chi connectivity index (χ2n) is 3.84. The molecule has 0 aliphatic carbocycles. The fraction of sp³-hybridized carbons (Fsp3) is 0.231. The first-order valence-electron chi connectivity index (χ1n) is 5.49. The number of ether oxygens (including phenoxy) is 1. The van der Waals surface area contributed by atoms with E-state index in [1.165, 1.54) is 11.3 Å². The minimum atomic E-state index is -0.874. The van der Waals surface area contributed by atoms with Crippen molar-refractivity contribution in [2.45, 2.75) is 12.8 Å². The lowest BCUT2D eigenvalue weighted by atomic mass is 10.1. The molecule has 0 spiro atoms. The van der Waals surface area contributed by atoms with E-state index in [1.54, 1.807) is 24.5 Å². The zero-order valence-electron chi connectivity index (χ0n) is 9.87. The molecular weight excluding hydrogens is 250 g/mol. The molecule has 1 atom stereocenters. The normalized spacial score (nSPS) is 12.1. The van der Waals surface area contributed by atoms with Crippen molar-refractivity contribution in [3.8, 4) is 5.75 Å². The number of pyridine rings is 1. The van der Waals surface area contributed by atoms with E-state index in [-0.39, 0.29) is 6.61 Å². The summed E-state index contributed by atoms with van der Waals surface area (Å²) in [6.45, 7) is 2.07. The standard InChI is InChI=1S/C13H13NO3S/c1-9-4-5-12(18-9)11(13(15)16)8-17-10-3-2-6-14-7-10/h2-7,11H,8H2,1H3,(H,15,16). The summed E-state index contributed by atoms with van der Waals surface area (Å²) in [6, 6.07) is 7.26. The van der Waals surface area contributed by atoms with E-state index in [4.69, 9.17) is 4.74 Å². The van der Waals surface area contributed by atoms with Crippen LogP contribution in [0.25, 0.3) is 0 Å². The molecule has 0 radical (unpaired) electrons. The number of aliphatic carboxylic acids is 1. The third-order valence-electron chi connectivity index (χ3n) is 2.45. The van der Waals surface area contributed by atoms with Gasteiger partial charge >= 0.3 is 5.97 Å². The van der Waals surface area contributed by atoms with Crippen LogP contribution in [0.15, 0.2) is 36.7 Å². The number of carbonyl (C=O) groups is 1. The van der Waals surface area contributed by atoms with Crippen LogP contribution in [-0.4, -0.2) is 22.7 Å². The summed E-state index contributed by atoms with van der Waals surface area (Å²) in [4.78, 5) is 17.1. The van der Waals surface area contributed by atoms with Crippen molar-refractivity contribution in [1.29, 1.82) is 0 Å². The average Bonchev–Trinajstić information content (AvgIpc) is 2.77. The topological polar surface area (TPSA) is 59.4 Å². The molecule has 5 heteroatoms. The molecule has 0 aliphatic rings. The van der Waals surface area contributed by atoms with E-state index in [9.17, 15) is 9.90 Å². The van der Waals surface area contributed by atoms with Gasteiger partial charge in [-0.25, -0.2) is 0 Å². The lowest BCUT2D eigenvalue weighted by molar-refractivity contribution is -0.139. The predicted molar refractivity (Wildman–Crippen MR) is 69.2 cm³/mol. The van der Waals surface area contributed by atoms with Crippen molar-refractivity contribution in [2.24, 2.45) is 0 Å². The number of hydrogen-bond donors (Lipinski definition) is 1. The quantitative estimate of drug-likeness (QED) is 0.901. The molecule has 0 bridgehead atoms. The van der Waals surface area contributed by atoms with Crippen LogP contribution in [0.4, 0.5) is 0 Å². The zero-order chi connectivity index (χ0) is 13.0. The molecule has 2 rings (SSSR count). The summed E-state index contributed by atoms with van der Waals surface area (Å²) < 4.78 is 5.46. The van der Waals surface area contributed by atoms with Gasteiger partial charge < -0.3 is 9.84 Å². The van der Waals surface area contributed by atoms with E-state index < -0.39 is 11.9 Å². The summed E-state index contributed by atoms with van der Waals surface area (Å²) in [5.74, 6) is -0.929. The molecule has 0 saturated carbocycles. The summed E-state index contributed by atoms with van der Waals surface area (Å²) in [7, 11) is 0. The smallest absolute Gasteiger partial charge is 0.315 e. The van der Waals surface area contributed by atoms with Gasteiger partial charge in [0.2, 0.25) is 0 Å². The molecule has 18 heavy (non-hydrogen) atoms. The van der Waals surface area contributed by atoms with Gasteiger partial charge in [0.15, 0.2) is 0 Å². The van der Waals surface area contributed by atoms with Crippen molar-refractivity contribution >= 4 is 17.3 Å². The Morgan fingerprint density at radius 2 is 2.33 bits per heavy atom. The third-order valence-corrected chi connectivity index (χ3v) is 3.57. The maximum absolute atomic E-state index is 11.2. The SMILES string of the molecule is Cc1ccc(C(COc2cccnc2)C(=O)O)s1. The van der Waals surface area contributed by atoms with Crippen LogP contribution in [0.5, 0.6) is 5.75 Å². The van der Waals surface area contributed by atoms with Crippen molar-refractivity contribution in [3.63, 3.8) is 0 Å². The Morgan fingerprint density at radius 1 is 1.50 bits per heavy atom. The molecule has 1 N–H and O–H groups in total. The number of hydrogen-bond acceptors (Lipinski definition) is 4. The molecule has 0 aliphatic heterocycles. The molecule has 0 saturated heterocycles. The number of nitrogens with zero attached hydrogens (tertiary/aromatic N) is 1. The van der Waals surface area contributed by atoms with E-state index in [2.05, 4.69) is 4.98 Å². The minimum absolute atomic E-state index is 0.112. The van der Waals surface area contributed by atoms with Gasteiger partial charge in [-0.05, 0) is 31.2 Å². The van der Waals surface area contributed by atoms with E-state index >= 15 is 0 Å². The fourth-order valence-corrected chi connectivity index (χ4v) is 2.48. The zero-order valence-corrected chi connectivity index (χ0v) is 10.7. The Bertz CT molecular complexity index is 524. The van der Waals surface area contributed by atoms with Gasteiger partial charge in [0, 0.05) is 16.0 Å². The van der Waals surface area contributed by atoms with Crippen LogP contribution < -0.4 is 4.74 Å². The van der Waals surface area contributed by atoms with Crippen LogP contribution in [0.2, 0.25) is 0 Å². The van der Waals surface area contributed by atoms with Gasteiger partial charge in [-0.3, -0.25) is 9.78 Å². The van der Waals surface area contributed by atoms with Crippen LogP contribution in [0.1, 0.15) is 15.7 Å². The minimum Gasteiger partial charge on any atom is -0.491 e. The number of thiophene rings is 1. The van der Waals surface area contributed by atoms with Gasteiger partial charge in [-0.1, -0.05) is 0 Å². The summed E-state index contributed by atoms with van der Waals surface area (Å²) >= 11 is 1.48. The number of aromatic nitrogens is 1. The van der Waals surface area contributed by atoms with E-state index in [0.29, 0.717) is 5.75 Å². The van der Waals surface area contributed by atoms with E-state index in [0.717, 1.165) is 9.75 Å². The number of carboxylic acids is 1. The molecular formula is C13H13NO3S. The Hall–Kier alpha value is -1.88. The monoisotopic (exact) mass is 263 g/mol. The van der Waals surface area contributed by atoms with Gasteiger partial charge in [0.1, 0.15) is 18.3 Å². The molecule has 2 heterocycles. The number of carboxylic acid groups (broad SMARTS) is 1. The van der Waals surface area contributed by atoms with Gasteiger partial charge in [-0.2, -0.15) is 0 Å². The lowest BCUT2D eigenvalue weighted by Gasteiger charge is -2.11. The van der Waals surface area contributed by atoms with Crippen LogP contribution in [0.3, 0.4) is 0 Å². The average molecular weight is 263 g/mol. The molecule has 1 unspecified atom stereocenters. The lowest BCUT2D eigenvalue weighted by Crippen LogP contribution is -2.18. The Morgan fingerprint density at radius 3 is 2.89 bits per heavy atom. The highest BCUT2D eigenvalue weighted by Gasteiger charge is 2.22. The third kappa shape index (κ3) is 3.07. The summed E-state index contributed by atoms with van der Waals surface area (Å²) in [5, 5.41) is 9.22. The Labute approximate surface area is 109 Å².